The van der Waals surface area contributed by atoms with E-state index in [0.717, 1.165) is 17.7 Å². The Balaban J connectivity index is 2.39. The molecule has 0 fully saturated rings. The van der Waals surface area contributed by atoms with Crippen molar-refractivity contribution in [2.45, 2.75) is 26.7 Å². The summed E-state index contributed by atoms with van der Waals surface area (Å²) >= 11 is 11.0. The molecule has 1 aromatic carbocycles. The van der Waals surface area contributed by atoms with Gasteiger partial charge in [0.2, 0.25) is 0 Å². The first-order valence-corrected chi connectivity index (χ1v) is 6.83. The molecule has 19 heavy (non-hydrogen) atoms. The first-order valence-electron chi connectivity index (χ1n) is 6.04. The minimum atomic E-state index is -0.400. The van der Waals surface area contributed by atoms with Crippen molar-refractivity contribution in [1.82, 2.24) is 9.97 Å². The van der Waals surface area contributed by atoms with Crippen LogP contribution in [-0.4, -0.2) is 9.97 Å². The van der Waals surface area contributed by atoms with Gasteiger partial charge in [0.25, 0.3) is 0 Å². The summed E-state index contributed by atoms with van der Waals surface area (Å²) in [5.41, 5.74) is 2.53. The molecule has 0 saturated heterocycles. The fourth-order valence-corrected chi connectivity index (χ4v) is 2.64. The standard InChI is InChI=1S/C14H14ClFN2S/c1-3-10-8(2)17-12(18-14(10)19)7-9-5-4-6-11(15)13(9)16/h4-6H,3,7H2,1-2H3,(H,17,18,19). The van der Waals surface area contributed by atoms with Crippen molar-refractivity contribution < 1.29 is 4.39 Å². The number of nitrogens with zero attached hydrogens (tertiary/aromatic N) is 1. The topological polar surface area (TPSA) is 28.7 Å². The first-order chi connectivity index (χ1) is 9.02. The van der Waals surface area contributed by atoms with Crippen molar-refractivity contribution in [3.8, 4) is 0 Å². The van der Waals surface area contributed by atoms with Crippen molar-refractivity contribution in [3.63, 3.8) is 0 Å². The highest BCUT2D eigenvalue weighted by Crippen LogP contribution is 2.20. The van der Waals surface area contributed by atoms with Gasteiger partial charge in [-0.15, -0.1) is 0 Å². The van der Waals surface area contributed by atoms with E-state index in [1.54, 1.807) is 12.1 Å². The Morgan fingerprint density at radius 2 is 2.16 bits per heavy atom. The van der Waals surface area contributed by atoms with Crippen LogP contribution in [0.25, 0.3) is 0 Å². The van der Waals surface area contributed by atoms with Gasteiger partial charge in [-0.2, -0.15) is 0 Å². The van der Waals surface area contributed by atoms with Crippen LogP contribution in [0, 0.1) is 17.4 Å². The molecule has 0 radical (unpaired) electrons. The number of aromatic nitrogens is 2. The maximum atomic E-state index is 13.8. The van der Waals surface area contributed by atoms with Crippen LogP contribution in [0.2, 0.25) is 5.02 Å². The maximum Gasteiger partial charge on any atom is 0.145 e. The third kappa shape index (κ3) is 3.01. The van der Waals surface area contributed by atoms with Crippen LogP contribution >= 0.6 is 23.8 Å². The minimum Gasteiger partial charge on any atom is -0.347 e. The summed E-state index contributed by atoms with van der Waals surface area (Å²) in [5, 5.41) is 0.123. The fraction of sp³-hybridized carbons (Fsp3) is 0.286. The number of aryl methyl sites for hydroxylation is 1. The van der Waals surface area contributed by atoms with Gasteiger partial charge in [-0.25, -0.2) is 9.37 Å². The SMILES string of the molecule is CCc1c(C)[nH]c(Cc2cccc(Cl)c2F)nc1=S. The Morgan fingerprint density at radius 3 is 2.79 bits per heavy atom. The van der Waals surface area contributed by atoms with Crippen molar-refractivity contribution >= 4 is 23.8 Å². The number of hydrogen-bond donors (Lipinski definition) is 1. The number of benzene rings is 1. The van der Waals surface area contributed by atoms with E-state index in [4.69, 9.17) is 23.8 Å². The van der Waals surface area contributed by atoms with E-state index in [9.17, 15) is 4.39 Å². The van der Waals surface area contributed by atoms with Crippen molar-refractivity contribution in [2.24, 2.45) is 0 Å². The van der Waals surface area contributed by atoms with Crippen molar-refractivity contribution in [2.75, 3.05) is 0 Å². The molecule has 0 aliphatic carbocycles. The van der Waals surface area contributed by atoms with Gasteiger partial charge in [-0.05, 0) is 25.0 Å². The van der Waals surface area contributed by atoms with Crippen molar-refractivity contribution in [1.29, 1.82) is 0 Å². The molecule has 0 spiro atoms. The molecule has 2 nitrogen and oxygen atoms in total. The van der Waals surface area contributed by atoms with Crippen LogP contribution in [0.1, 0.15) is 29.6 Å². The Hall–Kier alpha value is -1.26. The molecule has 1 N–H and O–H groups in total. The fourth-order valence-electron chi connectivity index (χ4n) is 2.04. The Morgan fingerprint density at radius 1 is 1.42 bits per heavy atom. The zero-order valence-electron chi connectivity index (χ0n) is 10.8. The Kier molecular flexibility index (Phi) is 4.32. The van der Waals surface area contributed by atoms with Gasteiger partial charge in [0, 0.05) is 17.7 Å². The van der Waals surface area contributed by atoms with Gasteiger partial charge in [-0.3, -0.25) is 0 Å². The number of rotatable bonds is 3. The molecule has 0 aliphatic heterocycles. The number of hydrogen-bond acceptors (Lipinski definition) is 2. The molecule has 2 rings (SSSR count). The molecule has 0 bridgehead atoms. The Labute approximate surface area is 121 Å². The smallest absolute Gasteiger partial charge is 0.145 e. The zero-order valence-corrected chi connectivity index (χ0v) is 12.3. The van der Waals surface area contributed by atoms with Crippen LogP contribution in [0.15, 0.2) is 18.2 Å². The zero-order chi connectivity index (χ0) is 14.0. The molecular formula is C14H14ClFN2S. The number of aromatic amines is 1. The van der Waals surface area contributed by atoms with Crippen LogP contribution < -0.4 is 0 Å². The summed E-state index contributed by atoms with van der Waals surface area (Å²) in [7, 11) is 0. The van der Waals surface area contributed by atoms with E-state index < -0.39 is 5.82 Å². The van der Waals surface area contributed by atoms with Crippen LogP contribution in [0.3, 0.4) is 0 Å². The molecule has 100 valence electrons. The Bertz CT molecular complexity index is 667. The van der Waals surface area contributed by atoms with Crippen LogP contribution in [-0.2, 0) is 12.8 Å². The van der Waals surface area contributed by atoms with Gasteiger partial charge in [0.05, 0.1) is 5.02 Å². The van der Waals surface area contributed by atoms with E-state index in [1.165, 1.54) is 6.07 Å². The summed E-state index contributed by atoms with van der Waals surface area (Å²) in [6.45, 7) is 3.98. The molecule has 5 heteroatoms. The molecule has 0 saturated carbocycles. The second-order valence-electron chi connectivity index (χ2n) is 4.34. The van der Waals surface area contributed by atoms with Crippen LogP contribution in [0.5, 0.6) is 0 Å². The molecule has 1 aromatic heterocycles. The highest BCUT2D eigenvalue weighted by Gasteiger charge is 2.09. The van der Waals surface area contributed by atoms with Gasteiger partial charge in [0.15, 0.2) is 0 Å². The van der Waals surface area contributed by atoms with Gasteiger partial charge < -0.3 is 4.98 Å². The quantitative estimate of drug-likeness (QED) is 0.851. The minimum absolute atomic E-state index is 0.123. The second-order valence-corrected chi connectivity index (χ2v) is 5.13. The average Bonchev–Trinajstić information content (AvgIpc) is 2.35. The molecule has 0 atom stereocenters. The molecule has 0 amide bonds. The van der Waals surface area contributed by atoms with Gasteiger partial charge in [0.1, 0.15) is 16.3 Å². The molecule has 1 heterocycles. The first kappa shape index (κ1) is 14.2. The molecule has 0 aliphatic rings. The number of H-pyrrole nitrogens is 1. The third-order valence-electron chi connectivity index (χ3n) is 3.02. The summed E-state index contributed by atoms with van der Waals surface area (Å²) in [6, 6.07) is 4.95. The summed E-state index contributed by atoms with van der Waals surface area (Å²) in [5.74, 6) is 0.253. The summed E-state index contributed by atoms with van der Waals surface area (Å²) in [4.78, 5) is 7.50. The monoisotopic (exact) mass is 296 g/mol. The van der Waals surface area contributed by atoms with Gasteiger partial charge in [-0.1, -0.05) is 42.9 Å². The molecule has 0 unspecified atom stereocenters. The predicted octanol–water partition coefficient (Wildman–Crippen LogP) is 4.39. The lowest BCUT2D eigenvalue weighted by Crippen LogP contribution is -2.04. The average molecular weight is 297 g/mol. The van der Waals surface area contributed by atoms with E-state index in [0.29, 0.717) is 22.4 Å². The number of nitrogens with one attached hydrogen (secondary N) is 1. The normalized spacial score (nSPS) is 10.7. The largest absolute Gasteiger partial charge is 0.347 e. The number of halogens is 2. The lowest BCUT2D eigenvalue weighted by atomic mass is 10.1. The second kappa shape index (κ2) is 5.80. The third-order valence-corrected chi connectivity index (χ3v) is 3.65. The lowest BCUT2D eigenvalue weighted by molar-refractivity contribution is 0.612. The lowest BCUT2D eigenvalue weighted by Gasteiger charge is -2.08. The van der Waals surface area contributed by atoms with E-state index in [1.807, 2.05) is 13.8 Å². The van der Waals surface area contributed by atoms with Crippen molar-refractivity contribution in [3.05, 3.63) is 56.3 Å². The highest BCUT2D eigenvalue weighted by atomic mass is 35.5. The van der Waals surface area contributed by atoms with E-state index in [-0.39, 0.29) is 5.02 Å². The highest BCUT2D eigenvalue weighted by molar-refractivity contribution is 7.71. The predicted molar refractivity (Wildman–Crippen MR) is 77.8 cm³/mol. The molecule has 2 aromatic rings. The van der Waals surface area contributed by atoms with Gasteiger partial charge >= 0.3 is 0 Å². The van der Waals surface area contributed by atoms with E-state index in [2.05, 4.69) is 9.97 Å². The maximum absolute atomic E-state index is 13.8. The molecular weight excluding hydrogens is 283 g/mol. The van der Waals surface area contributed by atoms with Crippen LogP contribution in [0.4, 0.5) is 4.39 Å². The summed E-state index contributed by atoms with van der Waals surface area (Å²) < 4.78 is 14.4. The summed E-state index contributed by atoms with van der Waals surface area (Å²) in [6.07, 6.45) is 1.18. The van der Waals surface area contributed by atoms with E-state index >= 15 is 0 Å².